The van der Waals surface area contributed by atoms with Gasteiger partial charge in [-0.05, 0) is 24.3 Å². The Bertz CT molecular complexity index is 548. The molecule has 0 fully saturated rings. The van der Waals surface area contributed by atoms with E-state index in [0.717, 1.165) is 15.6 Å². The first-order valence-electron chi connectivity index (χ1n) is 5.31. The predicted octanol–water partition coefficient (Wildman–Crippen LogP) is 3.57. The highest BCUT2D eigenvalue weighted by atomic mass is 79.9. The predicted molar refractivity (Wildman–Crippen MR) is 73.6 cm³/mol. The first-order chi connectivity index (χ1) is 8.70. The zero-order valence-electron chi connectivity index (χ0n) is 9.44. The highest BCUT2D eigenvalue weighted by molar-refractivity contribution is 9.10. The normalized spacial score (nSPS) is 10.4. The van der Waals surface area contributed by atoms with Crippen molar-refractivity contribution in [3.8, 4) is 5.75 Å². The summed E-state index contributed by atoms with van der Waals surface area (Å²) in [6.07, 6.45) is 3.24. The van der Waals surface area contributed by atoms with Crippen LogP contribution in [-0.4, -0.2) is 10.1 Å². The van der Waals surface area contributed by atoms with Crippen LogP contribution in [0.3, 0.4) is 0 Å². The second kappa shape index (κ2) is 6.18. The van der Waals surface area contributed by atoms with Crippen molar-refractivity contribution in [3.05, 3.63) is 57.3 Å². The number of hydrogen-bond acceptors (Lipinski definition) is 3. The number of ether oxygens (including phenoxy) is 1. The quantitative estimate of drug-likeness (QED) is 0.933. The Kier molecular flexibility index (Phi) is 4.58. The number of nitrogens with zero attached hydrogens (tertiary/aromatic N) is 1. The molecule has 0 atom stereocenters. The average molecular weight is 329 g/mol. The molecule has 94 valence electrons. The zero-order valence-corrected chi connectivity index (χ0v) is 11.8. The molecule has 0 saturated carbocycles. The molecule has 5 heteroatoms. The molecule has 0 saturated heterocycles. The fraction of sp³-hybridized carbons (Fsp3) is 0.154. The summed E-state index contributed by atoms with van der Waals surface area (Å²) in [4.78, 5) is 3.91. The molecule has 0 amide bonds. The van der Waals surface area contributed by atoms with Gasteiger partial charge in [-0.2, -0.15) is 0 Å². The minimum Gasteiger partial charge on any atom is -0.488 e. The van der Waals surface area contributed by atoms with Crippen LogP contribution in [0.25, 0.3) is 0 Å². The molecule has 0 aliphatic rings. The van der Waals surface area contributed by atoms with Gasteiger partial charge in [0.25, 0.3) is 0 Å². The van der Waals surface area contributed by atoms with Crippen molar-refractivity contribution >= 4 is 27.5 Å². The van der Waals surface area contributed by atoms with E-state index in [1.807, 2.05) is 18.2 Å². The molecule has 2 aromatic rings. The summed E-state index contributed by atoms with van der Waals surface area (Å²) in [7, 11) is 0. The second-order valence-electron chi connectivity index (χ2n) is 3.67. The molecule has 0 aliphatic carbocycles. The molecule has 0 radical (unpaired) electrons. The Morgan fingerprint density at radius 2 is 2.11 bits per heavy atom. The van der Waals surface area contributed by atoms with Crippen LogP contribution >= 0.6 is 27.5 Å². The number of aliphatic hydroxyl groups is 1. The van der Waals surface area contributed by atoms with Crippen molar-refractivity contribution in [1.29, 1.82) is 0 Å². The van der Waals surface area contributed by atoms with Gasteiger partial charge in [0.15, 0.2) is 0 Å². The second-order valence-corrected chi connectivity index (χ2v) is 4.99. The van der Waals surface area contributed by atoms with Crippen LogP contribution in [0.2, 0.25) is 5.02 Å². The molecule has 0 spiro atoms. The van der Waals surface area contributed by atoms with Crippen LogP contribution in [0.15, 0.2) is 41.1 Å². The third kappa shape index (κ3) is 3.22. The third-order valence-electron chi connectivity index (χ3n) is 2.43. The van der Waals surface area contributed by atoms with E-state index in [2.05, 4.69) is 20.9 Å². The van der Waals surface area contributed by atoms with E-state index in [0.29, 0.717) is 17.4 Å². The maximum atomic E-state index is 9.26. The Morgan fingerprint density at radius 1 is 1.28 bits per heavy atom. The standard InChI is InChI=1S/C13H11BrClNO2/c14-11-1-2-13(10(5-11)7-17)18-8-9-3-4-16-6-12(9)15/h1-6,17H,7-8H2. The van der Waals surface area contributed by atoms with Gasteiger partial charge in [-0.15, -0.1) is 0 Å². The van der Waals surface area contributed by atoms with Crippen molar-refractivity contribution < 1.29 is 9.84 Å². The molecule has 1 heterocycles. The molecule has 0 unspecified atom stereocenters. The van der Waals surface area contributed by atoms with Crippen LogP contribution < -0.4 is 4.74 Å². The fourth-order valence-electron chi connectivity index (χ4n) is 1.49. The average Bonchev–Trinajstić information content (AvgIpc) is 2.39. The lowest BCUT2D eigenvalue weighted by Gasteiger charge is -2.11. The van der Waals surface area contributed by atoms with Crippen molar-refractivity contribution in [2.45, 2.75) is 13.2 Å². The summed E-state index contributed by atoms with van der Waals surface area (Å²) in [5.74, 6) is 0.647. The van der Waals surface area contributed by atoms with E-state index in [1.54, 1.807) is 18.5 Å². The van der Waals surface area contributed by atoms with E-state index >= 15 is 0 Å². The summed E-state index contributed by atoms with van der Waals surface area (Å²) in [5, 5.41) is 9.83. The van der Waals surface area contributed by atoms with Crippen LogP contribution in [0, 0.1) is 0 Å². The first kappa shape index (κ1) is 13.3. The molecule has 18 heavy (non-hydrogen) atoms. The summed E-state index contributed by atoms with van der Waals surface area (Å²) >= 11 is 9.34. The zero-order chi connectivity index (χ0) is 13.0. The summed E-state index contributed by atoms with van der Waals surface area (Å²) < 4.78 is 6.56. The van der Waals surface area contributed by atoms with E-state index < -0.39 is 0 Å². The van der Waals surface area contributed by atoms with Gasteiger partial charge >= 0.3 is 0 Å². The fourth-order valence-corrected chi connectivity index (χ4v) is 2.07. The Labute approximate surface area is 119 Å². The van der Waals surface area contributed by atoms with Gasteiger partial charge in [-0.25, -0.2) is 0 Å². The largest absolute Gasteiger partial charge is 0.488 e. The van der Waals surface area contributed by atoms with Crippen molar-refractivity contribution in [2.24, 2.45) is 0 Å². The number of hydrogen-bond donors (Lipinski definition) is 1. The highest BCUT2D eigenvalue weighted by Gasteiger charge is 2.05. The van der Waals surface area contributed by atoms with Crippen molar-refractivity contribution in [3.63, 3.8) is 0 Å². The van der Waals surface area contributed by atoms with Gasteiger partial charge in [-0.3, -0.25) is 4.98 Å². The number of aromatic nitrogens is 1. The molecule has 0 bridgehead atoms. The number of pyridine rings is 1. The number of halogens is 2. The third-order valence-corrected chi connectivity index (χ3v) is 3.27. The Morgan fingerprint density at radius 3 is 2.83 bits per heavy atom. The van der Waals surface area contributed by atoms with E-state index in [-0.39, 0.29) is 6.61 Å². The van der Waals surface area contributed by atoms with Crippen LogP contribution in [-0.2, 0) is 13.2 Å². The topological polar surface area (TPSA) is 42.4 Å². The molecule has 1 aromatic carbocycles. The van der Waals surface area contributed by atoms with Gasteiger partial charge in [-0.1, -0.05) is 27.5 Å². The van der Waals surface area contributed by atoms with Crippen LogP contribution in [0.1, 0.15) is 11.1 Å². The van der Waals surface area contributed by atoms with Gasteiger partial charge in [0.2, 0.25) is 0 Å². The van der Waals surface area contributed by atoms with E-state index in [4.69, 9.17) is 16.3 Å². The molecular formula is C13H11BrClNO2. The van der Waals surface area contributed by atoms with E-state index in [9.17, 15) is 5.11 Å². The maximum Gasteiger partial charge on any atom is 0.125 e. The van der Waals surface area contributed by atoms with E-state index in [1.165, 1.54) is 0 Å². The molecule has 2 rings (SSSR count). The van der Waals surface area contributed by atoms with Crippen molar-refractivity contribution in [2.75, 3.05) is 0 Å². The summed E-state index contributed by atoms with van der Waals surface area (Å²) in [6, 6.07) is 7.30. The van der Waals surface area contributed by atoms with Gasteiger partial charge < -0.3 is 9.84 Å². The van der Waals surface area contributed by atoms with Gasteiger partial charge in [0.05, 0.1) is 11.6 Å². The summed E-state index contributed by atoms with van der Waals surface area (Å²) in [5.41, 5.74) is 1.59. The summed E-state index contributed by atoms with van der Waals surface area (Å²) in [6.45, 7) is 0.273. The monoisotopic (exact) mass is 327 g/mol. The number of rotatable bonds is 4. The minimum absolute atomic E-state index is 0.0706. The van der Waals surface area contributed by atoms with Crippen LogP contribution in [0.5, 0.6) is 5.75 Å². The number of aliphatic hydroxyl groups excluding tert-OH is 1. The van der Waals surface area contributed by atoms with Gasteiger partial charge in [0.1, 0.15) is 12.4 Å². The molecular weight excluding hydrogens is 318 g/mol. The molecule has 1 aromatic heterocycles. The number of benzene rings is 1. The lowest BCUT2D eigenvalue weighted by Crippen LogP contribution is -1.99. The smallest absolute Gasteiger partial charge is 0.125 e. The lowest BCUT2D eigenvalue weighted by atomic mass is 10.2. The Balaban J connectivity index is 2.13. The molecule has 3 nitrogen and oxygen atoms in total. The maximum absolute atomic E-state index is 9.26. The highest BCUT2D eigenvalue weighted by Crippen LogP contribution is 2.25. The van der Waals surface area contributed by atoms with Crippen molar-refractivity contribution in [1.82, 2.24) is 4.98 Å². The van der Waals surface area contributed by atoms with Gasteiger partial charge in [0, 0.05) is 28.0 Å². The molecule has 0 aliphatic heterocycles. The Hall–Kier alpha value is -1.10. The minimum atomic E-state index is -0.0706. The first-order valence-corrected chi connectivity index (χ1v) is 6.48. The van der Waals surface area contributed by atoms with Crippen LogP contribution in [0.4, 0.5) is 0 Å². The lowest BCUT2D eigenvalue weighted by molar-refractivity contribution is 0.259. The SMILES string of the molecule is OCc1cc(Br)ccc1OCc1ccncc1Cl. The molecule has 1 N–H and O–H groups in total.